The summed E-state index contributed by atoms with van der Waals surface area (Å²) in [6.07, 6.45) is 1.03. The Balaban J connectivity index is 1.80. The van der Waals surface area contributed by atoms with E-state index in [4.69, 9.17) is 22.1 Å². The van der Waals surface area contributed by atoms with Crippen molar-refractivity contribution in [3.8, 4) is 10.4 Å². The van der Waals surface area contributed by atoms with E-state index in [1.165, 1.54) is 11.3 Å². The van der Waals surface area contributed by atoms with Crippen molar-refractivity contribution in [3.05, 3.63) is 41.0 Å². The van der Waals surface area contributed by atoms with Gasteiger partial charge >= 0.3 is 0 Å². The Bertz CT molecular complexity index is 973. The Kier molecular flexibility index (Phi) is 4.99. The SMILES string of the molecule is NC(=O)c1nnc(NC2OCCCS2)c2cc(-c3cccc(Cl)c3)sc12. The van der Waals surface area contributed by atoms with E-state index < -0.39 is 5.91 Å². The number of thioether (sulfide) groups is 1. The highest BCUT2D eigenvalue weighted by atomic mass is 35.5. The number of amides is 1. The lowest BCUT2D eigenvalue weighted by molar-refractivity contribution is 0.0996. The molecule has 3 N–H and O–H groups in total. The second-order valence-electron chi connectivity index (χ2n) is 5.70. The molecule has 0 spiro atoms. The summed E-state index contributed by atoms with van der Waals surface area (Å²) in [6, 6.07) is 9.53. The molecule has 1 saturated heterocycles. The first-order valence-corrected chi connectivity index (χ1v) is 10.2. The number of benzene rings is 1. The maximum atomic E-state index is 11.8. The molecule has 0 radical (unpaired) electrons. The second-order valence-corrected chi connectivity index (χ2v) is 8.36. The van der Waals surface area contributed by atoms with Crippen LogP contribution < -0.4 is 11.1 Å². The molecule has 6 nitrogen and oxygen atoms in total. The maximum Gasteiger partial charge on any atom is 0.270 e. The van der Waals surface area contributed by atoms with Gasteiger partial charge in [-0.05, 0) is 35.9 Å². The molecule has 1 aliphatic heterocycles. The fraction of sp³-hybridized carbons (Fsp3) is 0.235. The zero-order valence-electron chi connectivity index (χ0n) is 13.6. The molecule has 0 saturated carbocycles. The molecule has 4 rings (SSSR count). The summed E-state index contributed by atoms with van der Waals surface area (Å²) in [4.78, 5) is 12.7. The zero-order chi connectivity index (χ0) is 18.1. The molecule has 1 atom stereocenters. The molecule has 1 aromatic carbocycles. The van der Waals surface area contributed by atoms with Crippen LogP contribution in [0.15, 0.2) is 30.3 Å². The Morgan fingerprint density at radius 2 is 2.23 bits per heavy atom. The highest BCUT2D eigenvalue weighted by Crippen LogP contribution is 2.38. The minimum Gasteiger partial charge on any atom is -0.364 e. The topological polar surface area (TPSA) is 90.1 Å². The molecule has 9 heteroatoms. The molecular weight excluding hydrogens is 392 g/mol. The number of carbonyl (C=O) groups is 1. The Hall–Kier alpha value is -1.87. The average molecular weight is 407 g/mol. The van der Waals surface area contributed by atoms with Crippen LogP contribution in [0.4, 0.5) is 5.82 Å². The molecular formula is C17H15ClN4O2S2. The summed E-state index contributed by atoms with van der Waals surface area (Å²) in [6.45, 7) is 0.706. The van der Waals surface area contributed by atoms with Crippen LogP contribution in [0.3, 0.4) is 0 Å². The lowest BCUT2D eigenvalue weighted by Gasteiger charge is -2.23. The van der Waals surface area contributed by atoms with Crippen molar-refractivity contribution in [2.45, 2.75) is 12.0 Å². The van der Waals surface area contributed by atoms with Gasteiger partial charge < -0.3 is 15.8 Å². The number of hydrogen-bond acceptors (Lipinski definition) is 7. The van der Waals surface area contributed by atoms with Crippen LogP contribution in [-0.2, 0) is 4.74 Å². The van der Waals surface area contributed by atoms with Crippen LogP contribution in [0.5, 0.6) is 0 Å². The van der Waals surface area contributed by atoms with Gasteiger partial charge in [0.2, 0.25) is 0 Å². The maximum absolute atomic E-state index is 11.8. The van der Waals surface area contributed by atoms with E-state index in [2.05, 4.69) is 15.5 Å². The van der Waals surface area contributed by atoms with Crippen molar-refractivity contribution in [1.29, 1.82) is 0 Å². The van der Waals surface area contributed by atoms with Gasteiger partial charge in [-0.15, -0.1) is 33.3 Å². The van der Waals surface area contributed by atoms with Crippen molar-refractivity contribution in [1.82, 2.24) is 10.2 Å². The summed E-state index contributed by atoms with van der Waals surface area (Å²) in [5.74, 6) is 0.996. The van der Waals surface area contributed by atoms with E-state index in [1.807, 2.05) is 30.3 Å². The van der Waals surface area contributed by atoms with E-state index in [9.17, 15) is 4.79 Å². The first-order valence-electron chi connectivity index (χ1n) is 7.97. The highest BCUT2D eigenvalue weighted by Gasteiger charge is 2.21. The van der Waals surface area contributed by atoms with Gasteiger partial charge in [-0.2, -0.15) is 0 Å². The van der Waals surface area contributed by atoms with Gasteiger partial charge in [0.15, 0.2) is 17.1 Å². The molecule has 3 aromatic rings. The second kappa shape index (κ2) is 7.40. The molecule has 134 valence electrons. The van der Waals surface area contributed by atoms with Gasteiger partial charge in [0, 0.05) is 15.3 Å². The number of primary amides is 1. The first kappa shape index (κ1) is 17.5. The van der Waals surface area contributed by atoms with Gasteiger partial charge in [0.1, 0.15) is 0 Å². The number of rotatable bonds is 4. The van der Waals surface area contributed by atoms with E-state index >= 15 is 0 Å². The minimum atomic E-state index is -0.600. The molecule has 0 bridgehead atoms. The molecule has 1 aliphatic rings. The lowest BCUT2D eigenvalue weighted by Crippen LogP contribution is -2.25. The summed E-state index contributed by atoms with van der Waals surface area (Å²) in [5, 5.41) is 12.9. The van der Waals surface area contributed by atoms with E-state index in [0.29, 0.717) is 22.1 Å². The Labute approximate surface area is 163 Å². The summed E-state index contributed by atoms with van der Waals surface area (Å²) in [5.41, 5.74) is 6.43. The van der Waals surface area contributed by atoms with Crippen LogP contribution in [0.25, 0.3) is 20.5 Å². The highest BCUT2D eigenvalue weighted by molar-refractivity contribution is 7.99. The van der Waals surface area contributed by atoms with Crippen LogP contribution >= 0.6 is 34.7 Å². The van der Waals surface area contributed by atoms with Gasteiger partial charge in [-0.25, -0.2) is 0 Å². The van der Waals surface area contributed by atoms with Crippen LogP contribution in [0.2, 0.25) is 5.02 Å². The van der Waals surface area contributed by atoms with Crippen LogP contribution in [-0.4, -0.2) is 34.0 Å². The standard InChI is InChI=1S/C17H15ClN4O2S2/c18-10-4-1-3-9(7-10)12-8-11-14(26-12)13(15(19)23)21-22-16(11)20-17-24-5-2-6-25-17/h1,3-4,7-8,17H,2,5-6H2,(H2,19,23)(H,20,22). The number of fused-ring (bicyclic) bond motifs is 1. The normalized spacial score (nSPS) is 17.3. The third kappa shape index (κ3) is 3.50. The Morgan fingerprint density at radius 1 is 1.35 bits per heavy atom. The number of carbonyl (C=O) groups excluding carboxylic acids is 1. The van der Waals surface area contributed by atoms with Gasteiger partial charge in [0.25, 0.3) is 5.91 Å². The largest absolute Gasteiger partial charge is 0.364 e. The Morgan fingerprint density at radius 3 is 2.96 bits per heavy atom. The fourth-order valence-electron chi connectivity index (χ4n) is 2.68. The van der Waals surface area contributed by atoms with E-state index in [1.54, 1.807) is 11.8 Å². The monoisotopic (exact) mass is 406 g/mol. The molecule has 0 aliphatic carbocycles. The van der Waals surface area contributed by atoms with Crippen molar-refractivity contribution in [3.63, 3.8) is 0 Å². The predicted molar refractivity (Wildman–Crippen MR) is 107 cm³/mol. The molecule has 3 heterocycles. The number of thiophene rings is 1. The number of nitrogens with zero attached hydrogens (tertiary/aromatic N) is 2. The number of hydrogen-bond donors (Lipinski definition) is 2. The number of nitrogens with two attached hydrogens (primary N) is 1. The number of aromatic nitrogens is 2. The van der Waals surface area contributed by atoms with Crippen molar-refractivity contribution >= 4 is 56.5 Å². The number of anilines is 1. The van der Waals surface area contributed by atoms with E-state index in [0.717, 1.165) is 28.0 Å². The van der Waals surface area contributed by atoms with E-state index in [-0.39, 0.29) is 11.3 Å². The number of halogens is 1. The van der Waals surface area contributed by atoms with Crippen molar-refractivity contribution < 1.29 is 9.53 Å². The van der Waals surface area contributed by atoms with Gasteiger partial charge in [-0.1, -0.05) is 23.7 Å². The number of nitrogens with one attached hydrogen (secondary N) is 1. The quantitative estimate of drug-likeness (QED) is 0.681. The molecule has 1 amide bonds. The third-order valence-electron chi connectivity index (χ3n) is 3.88. The summed E-state index contributed by atoms with van der Waals surface area (Å²) >= 11 is 9.23. The first-order chi connectivity index (χ1) is 12.6. The number of ether oxygens (including phenoxy) is 1. The van der Waals surface area contributed by atoms with Crippen LogP contribution in [0.1, 0.15) is 16.9 Å². The lowest BCUT2D eigenvalue weighted by atomic mass is 10.1. The predicted octanol–water partition coefficient (Wildman–Crippen LogP) is 3.96. The van der Waals surface area contributed by atoms with Gasteiger partial charge in [0.05, 0.1) is 11.3 Å². The molecule has 1 fully saturated rings. The average Bonchev–Trinajstić information content (AvgIpc) is 3.08. The third-order valence-corrected chi connectivity index (χ3v) is 6.38. The fourth-order valence-corrected chi connectivity index (χ4v) is 4.90. The van der Waals surface area contributed by atoms with Crippen LogP contribution in [0, 0.1) is 0 Å². The summed E-state index contributed by atoms with van der Waals surface area (Å²) in [7, 11) is 0. The molecule has 1 unspecified atom stereocenters. The smallest absolute Gasteiger partial charge is 0.270 e. The van der Waals surface area contributed by atoms with Crippen molar-refractivity contribution in [2.75, 3.05) is 17.7 Å². The minimum absolute atomic E-state index is 0.168. The van der Waals surface area contributed by atoms with Gasteiger partial charge in [-0.3, -0.25) is 4.79 Å². The molecule has 26 heavy (non-hydrogen) atoms. The zero-order valence-corrected chi connectivity index (χ0v) is 16.0. The summed E-state index contributed by atoms with van der Waals surface area (Å²) < 4.78 is 6.39. The van der Waals surface area contributed by atoms with Crippen molar-refractivity contribution in [2.24, 2.45) is 5.73 Å². The molecule has 2 aromatic heterocycles.